The quantitative estimate of drug-likeness (QED) is 0.534. The molecule has 102 valence electrons. The summed E-state index contributed by atoms with van der Waals surface area (Å²) in [6.07, 6.45) is 2.42. The molecule has 18 heavy (non-hydrogen) atoms. The zero-order chi connectivity index (χ0) is 13.4. The van der Waals surface area contributed by atoms with Crippen LogP contribution in [0.3, 0.4) is 0 Å². The van der Waals surface area contributed by atoms with Gasteiger partial charge in [-0.1, -0.05) is 32.4 Å². The summed E-state index contributed by atoms with van der Waals surface area (Å²) < 4.78 is 0. The van der Waals surface area contributed by atoms with E-state index in [0.717, 1.165) is 30.5 Å². The van der Waals surface area contributed by atoms with Crippen molar-refractivity contribution in [3.05, 3.63) is 28.8 Å². The van der Waals surface area contributed by atoms with Crippen molar-refractivity contribution in [2.24, 2.45) is 5.92 Å². The first kappa shape index (κ1) is 15.9. The molecular weight excluding hydrogens is 262 g/mol. The molecule has 0 aromatic heterocycles. The van der Waals surface area contributed by atoms with Crippen molar-refractivity contribution in [2.45, 2.75) is 45.1 Å². The van der Waals surface area contributed by atoms with Gasteiger partial charge in [0.05, 0.1) is 0 Å². The van der Waals surface area contributed by atoms with Crippen LogP contribution in [0.25, 0.3) is 0 Å². The fourth-order valence-electron chi connectivity index (χ4n) is 1.63. The van der Waals surface area contributed by atoms with E-state index in [2.05, 4.69) is 38.2 Å². The van der Waals surface area contributed by atoms with Crippen LogP contribution in [0.2, 0.25) is 5.02 Å². The van der Waals surface area contributed by atoms with Crippen molar-refractivity contribution < 1.29 is 0 Å². The Bertz CT molecular complexity index is 352. The van der Waals surface area contributed by atoms with Gasteiger partial charge in [-0.2, -0.15) is 0 Å². The van der Waals surface area contributed by atoms with Crippen LogP contribution in [-0.4, -0.2) is 12.3 Å². The first-order chi connectivity index (χ1) is 8.63. The zero-order valence-electron chi connectivity index (χ0n) is 11.6. The van der Waals surface area contributed by atoms with E-state index >= 15 is 0 Å². The number of hydrogen-bond acceptors (Lipinski definition) is 2. The van der Waals surface area contributed by atoms with Crippen molar-refractivity contribution in [1.82, 2.24) is 5.32 Å². The van der Waals surface area contributed by atoms with Gasteiger partial charge in [0, 0.05) is 16.5 Å². The highest BCUT2D eigenvalue weighted by Gasteiger charge is 2.04. The third kappa shape index (κ3) is 6.12. The van der Waals surface area contributed by atoms with Crippen molar-refractivity contribution >= 4 is 23.4 Å². The van der Waals surface area contributed by atoms with Crippen LogP contribution in [-0.2, 0) is 6.54 Å². The van der Waals surface area contributed by atoms with Gasteiger partial charge >= 0.3 is 0 Å². The van der Waals surface area contributed by atoms with Crippen LogP contribution in [0.1, 0.15) is 39.2 Å². The lowest BCUT2D eigenvalue weighted by Crippen LogP contribution is -2.14. The molecule has 0 unspecified atom stereocenters. The normalized spacial score (nSPS) is 11.2. The highest BCUT2D eigenvalue weighted by atomic mass is 35.5. The van der Waals surface area contributed by atoms with E-state index in [0.29, 0.717) is 0 Å². The minimum Gasteiger partial charge on any atom is -0.313 e. The van der Waals surface area contributed by atoms with E-state index in [1.54, 1.807) is 0 Å². The van der Waals surface area contributed by atoms with E-state index in [1.165, 1.54) is 22.6 Å². The predicted molar refractivity (Wildman–Crippen MR) is 83.6 cm³/mol. The summed E-state index contributed by atoms with van der Waals surface area (Å²) >= 11 is 8.02. The third-order valence-corrected chi connectivity index (χ3v) is 4.10. The molecule has 0 bridgehead atoms. The summed E-state index contributed by atoms with van der Waals surface area (Å²) in [5.41, 5.74) is 1.32. The molecule has 3 heteroatoms. The molecule has 0 heterocycles. The highest BCUT2D eigenvalue weighted by Crippen LogP contribution is 2.27. The highest BCUT2D eigenvalue weighted by molar-refractivity contribution is 7.99. The molecule has 0 atom stereocenters. The minimum atomic E-state index is 0.770. The summed E-state index contributed by atoms with van der Waals surface area (Å²) in [7, 11) is 0. The van der Waals surface area contributed by atoms with Crippen LogP contribution in [0, 0.1) is 5.92 Å². The second-order valence-corrected chi connectivity index (χ2v) is 6.53. The summed E-state index contributed by atoms with van der Waals surface area (Å²) in [5.74, 6) is 1.95. The number of thioether (sulfide) groups is 1. The number of halogens is 1. The van der Waals surface area contributed by atoms with Gasteiger partial charge in [-0.3, -0.25) is 0 Å². The summed E-state index contributed by atoms with van der Waals surface area (Å²) in [4.78, 5) is 1.36. The monoisotopic (exact) mass is 285 g/mol. The van der Waals surface area contributed by atoms with E-state index in [1.807, 2.05) is 17.8 Å². The lowest BCUT2D eigenvalue weighted by molar-refractivity contribution is 0.631. The Morgan fingerprint density at radius 1 is 1.33 bits per heavy atom. The predicted octanol–water partition coefficient (Wildman–Crippen LogP) is 4.98. The molecule has 1 nitrogen and oxygen atoms in total. The van der Waals surface area contributed by atoms with Gasteiger partial charge in [0.1, 0.15) is 0 Å². The first-order valence-electron chi connectivity index (χ1n) is 6.75. The van der Waals surface area contributed by atoms with Gasteiger partial charge in [-0.15, -0.1) is 11.8 Å². The summed E-state index contributed by atoms with van der Waals surface area (Å²) in [6, 6.07) is 6.22. The Morgan fingerprint density at radius 2 is 2.11 bits per heavy atom. The lowest BCUT2D eigenvalue weighted by atomic mass is 10.2. The summed E-state index contributed by atoms with van der Waals surface area (Å²) in [6.45, 7) is 8.70. The largest absolute Gasteiger partial charge is 0.313 e. The van der Waals surface area contributed by atoms with Crippen molar-refractivity contribution in [3.8, 4) is 0 Å². The topological polar surface area (TPSA) is 12.0 Å². The average Bonchev–Trinajstić information content (AvgIpc) is 2.32. The molecule has 0 spiro atoms. The maximum atomic E-state index is 6.08. The fourth-order valence-corrected chi connectivity index (χ4v) is 3.12. The minimum absolute atomic E-state index is 0.770. The van der Waals surface area contributed by atoms with E-state index < -0.39 is 0 Å². The van der Waals surface area contributed by atoms with Crippen LogP contribution < -0.4 is 5.32 Å². The molecule has 0 aliphatic rings. The van der Waals surface area contributed by atoms with Crippen LogP contribution >= 0.6 is 23.4 Å². The molecule has 1 aromatic carbocycles. The Balaban J connectivity index is 2.58. The smallest absolute Gasteiger partial charge is 0.0410 e. The molecule has 0 saturated heterocycles. The van der Waals surface area contributed by atoms with Gasteiger partial charge in [-0.25, -0.2) is 0 Å². The fraction of sp³-hybridized carbons (Fsp3) is 0.600. The van der Waals surface area contributed by atoms with Crippen molar-refractivity contribution in [2.75, 3.05) is 12.3 Å². The Hall–Kier alpha value is -0.180. The number of rotatable bonds is 8. The molecule has 1 aromatic rings. The Kier molecular flexibility index (Phi) is 7.80. The number of benzene rings is 1. The number of nitrogens with one attached hydrogen (secondary N) is 1. The molecule has 0 fully saturated rings. The SMILES string of the molecule is CCCNCc1cc(Cl)ccc1SCCC(C)C. The third-order valence-electron chi connectivity index (χ3n) is 2.72. The first-order valence-corrected chi connectivity index (χ1v) is 8.11. The molecule has 1 N–H and O–H groups in total. The average molecular weight is 286 g/mol. The molecule has 0 radical (unpaired) electrons. The standard InChI is InChI=1S/C15H24ClNS/c1-4-8-17-11-13-10-14(16)5-6-15(13)18-9-7-12(2)3/h5-6,10,12,17H,4,7-9,11H2,1-3H3. The molecule has 0 aliphatic carbocycles. The number of hydrogen-bond donors (Lipinski definition) is 1. The van der Waals surface area contributed by atoms with Crippen molar-refractivity contribution in [3.63, 3.8) is 0 Å². The van der Waals surface area contributed by atoms with Gasteiger partial charge in [0.25, 0.3) is 0 Å². The van der Waals surface area contributed by atoms with E-state index in [9.17, 15) is 0 Å². The van der Waals surface area contributed by atoms with E-state index in [4.69, 9.17) is 11.6 Å². The van der Waals surface area contributed by atoms with Crippen LogP contribution in [0.5, 0.6) is 0 Å². The van der Waals surface area contributed by atoms with Gasteiger partial charge < -0.3 is 5.32 Å². The molecule has 1 rings (SSSR count). The van der Waals surface area contributed by atoms with Gasteiger partial charge in [0.2, 0.25) is 0 Å². The van der Waals surface area contributed by atoms with Crippen LogP contribution in [0.4, 0.5) is 0 Å². The Labute approximate surface area is 121 Å². The lowest BCUT2D eigenvalue weighted by Gasteiger charge is -2.11. The molecule has 0 aliphatic heterocycles. The Morgan fingerprint density at radius 3 is 2.78 bits per heavy atom. The second-order valence-electron chi connectivity index (χ2n) is 4.96. The maximum absolute atomic E-state index is 6.08. The molecule has 0 amide bonds. The second kappa shape index (κ2) is 8.84. The maximum Gasteiger partial charge on any atom is 0.0410 e. The zero-order valence-corrected chi connectivity index (χ0v) is 13.2. The van der Waals surface area contributed by atoms with Gasteiger partial charge in [-0.05, 0) is 54.8 Å². The van der Waals surface area contributed by atoms with E-state index in [-0.39, 0.29) is 0 Å². The molecular formula is C15H24ClNS. The van der Waals surface area contributed by atoms with Gasteiger partial charge in [0.15, 0.2) is 0 Å². The van der Waals surface area contributed by atoms with Crippen LogP contribution in [0.15, 0.2) is 23.1 Å². The summed E-state index contributed by atoms with van der Waals surface area (Å²) in [5, 5.41) is 4.28. The van der Waals surface area contributed by atoms with Crippen molar-refractivity contribution in [1.29, 1.82) is 0 Å². The molecule has 0 saturated carbocycles.